The molecule has 1 N–H and O–H groups in total. The van der Waals surface area contributed by atoms with E-state index in [0.29, 0.717) is 64.3 Å². The maximum absolute atomic E-state index is 13.4. The third-order valence-electron chi connectivity index (χ3n) is 9.28. The summed E-state index contributed by atoms with van der Waals surface area (Å²) in [5.41, 5.74) is 4.12. The SMILES string of the molecule is COC(=O)c1ccc2[nH]c(=O)c(N3CCC[C@@H]3C)nc2c1.COC(=O)c1ccc2c(c1)nc(N1CCC[C@@H]1C)c(=O)n2Cc1ccccc1.[2H]CC.[Cl][Al]([Cl])[Cl]. The first-order valence-corrected chi connectivity index (χ1v) is 23.1. The smallest absolute Gasteiger partial charge is 0.465 e. The molecule has 2 saturated heterocycles. The first-order valence-electron chi connectivity index (χ1n) is 18.6. The zero-order valence-corrected chi connectivity index (χ0v) is 35.0. The topological polar surface area (TPSA) is 140 Å². The van der Waals surface area contributed by atoms with Crippen LogP contribution in [0.3, 0.4) is 0 Å². The number of esters is 2. The van der Waals surface area contributed by atoms with Gasteiger partial charge in [-0.2, -0.15) is 0 Å². The van der Waals surface area contributed by atoms with Crippen LogP contribution in [0.15, 0.2) is 76.3 Å². The van der Waals surface area contributed by atoms with Gasteiger partial charge in [0.15, 0.2) is 11.6 Å². The normalized spacial score (nSPS) is 16.2. The first-order chi connectivity index (χ1) is 26.8. The van der Waals surface area contributed by atoms with Crippen LogP contribution in [0.5, 0.6) is 0 Å². The molecule has 0 bridgehead atoms. The second-order valence-electron chi connectivity index (χ2n) is 12.7. The standard InChI is InChI=1S/C22H23N3O3.C15H17N3O3.C2H6.Al.3ClH/c1-15-7-6-12-24(15)20-21(26)25(14-16-8-4-3-5-9-16)19-11-10-17(22(27)28-2)13-18(19)23-20;1-9-4-3-7-18(9)13-14(19)17-11-6-5-10(15(20)21-2)8-12(11)16-13;1-2;;;;/h3-5,8-11,13,15H,6-7,12,14H2,1-2H3;5-6,8-9H,3-4,7H2,1-2H3,(H,17,19);1-2H3;;3*1H/q;;;+3;;;/p-3/t15-;9-;;;;;/m00...../s1/i;;1D;;;;. The quantitative estimate of drug-likeness (QED) is 0.134. The summed E-state index contributed by atoms with van der Waals surface area (Å²) < 4.78 is 17.5. The maximum atomic E-state index is 13.4. The van der Waals surface area contributed by atoms with Crippen molar-refractivity contribution >= 4 is 87.2 Å². The van der Waals surface area contributed by atoms with Crippen molar-refractivity contribution in [3.05, 3.63) is 104 Å². The van der Waals surface area contributed by atoms with E-state index in [1.807, 2.05) is 35.2 Å². The van der Waals surface area contributed by atoms with Crippen LogP contribution in [0.1, 0.15) is 81.0 Å². The number of rotatable bonds is 6. The molecule has 2 aromatic heterocycles. The van der Waals surface area contributed by atoms with Gasteiger partial charge < -0.3 is 24.3 Å². The Hall–Kier alpha value is -4.12. The summed E-state index contributed by atoms with van der Waals surface area (Å²) in [6.07, 6.45) is 4.20. The summed E-state index contributed by atoms with van der Waals surface area (Å²) >= 11 is -1.72. The summed E-state index contributed by atoms with van der Waals surface area (Å²) in [5, 5.41) is 0. The highest BCUT2D eigenvalue weighted by atomic mass is 35.8. The zero-order chi connectivity index (χ0) is 40.9. The number of halogens is 3. The number of methoxy groups -OCH3 is 2. The molecule has 5 aromatic rings. The summed E-state index contributed by atoms with van der Waals surface area (Å²) in [6, 6.07) is 20.5. The van der Waals surface area contributed by atoms with Gasteiger partial charge in [-0.15, -0.1) is 0 Å². The summed E-state index contributed by atoms with van der Waals surface area (Å²) in [4.78, 5) is 65.2. The summed E-state index contributed by atoms with van der Waals surface area (Å²) in [6.45, 7) is 8.59. The van der Waals surface area contributed by atoms with Crippen molar-refractivity contribution in [2.75, 3.05) is 37.1 Å². The van der Waals surface area contributed by atoms with E-state index in [9.17, 15) is 19.2 Å². The molecule has 4 heterocycles. The number of anilines is 2. The van der Waals surface area contributed by atoms with Gasteiger partial charge in [0.2, 0.25) is 0 Å². The minimum absolute atomic E-state index is 0.101. The summed E-state index contributed by atoms with van der Waals surface area (Å²) in [7, 11) is 17.5. The van der Waals surface area contributed by atoms with Crippen LogP contribution < -0.4 is 20.9 Å². The fourth-order valence-corrected chi connectivity index (χ4v) is 6.60. The molecule has 0 radical (unpaired) electrons. The Morgan fingerprint density at radius 1 is 0.836 bits per heavy atom. The average molecular weight is 829 g/mol. The molecule has 2 atom stereocenters. The van der Waals surface area contributed by atoms with Gasteiger partial charge in [0.1, 0.15) is 0 Å². The van der Waals surface area contributed by atoms with Gasteiger partial charge in [0, 0.05) is 26.5 Å². The molecule has 2 fully saturated rings. The van der Waals surface area contributed by atoms with Crippen LogP contribution in [0.2, 0.25) is 0 Å². The van der Waals surface area contributed by atoms with Crippen LogP contribution in [0.25, 0.3) is 22.1 Å². The monoisotopic (exact) mass is 827 g/mol. The van der Waals surface area contributed by atoms with Crippen LogP contribution >= 0.6 is 30.1 Å². The molecule has 3 aromatic carbocycles. The number of nitrogens with zero attached hydrogens (tertiary/aromatic N) is 5. The predicted molar refractivity (Wildman–Crippen MR) is 223 cm³/mol. The maximum Gasteiger partial charge on any atom is 0.643 e. The summed E-state index contributed by atoms with van der Waals surface area (Å²) in [5.74, 6) is 0.0477. The lowest BCUT2D eigenvalue weighted by Crippen LogP contribution is -2.36. The van der Waals surface area contributed by atoms with Crippen molar-refractivity contribution in [3.63, 3.8) is 0 Å². The third-order valence-corrected chi connectivity index (χ3v) is 9.28. The van der Waals surface area contributed by atoms with Gasteiger partial charge in [0.05, 0.1) is 54.0 Å². The molecule has 12 nitrogen and oxygen atoms in total. The number of carbonyl (C=O) groups is 2. The molecule has 0 spiro atoms. The van der Waals surface area contributed by atoms with Gasteiger partial charge in [-0.1, -0.05) is 44.2 Å². The zero-order valence-electron chi connectivity index (χ0n) is 32.6. The second kappa shape index (κ2) is 20.7. The van der Waals surface area contributed by atoms with Crippen LogP contribution in [0.4, 0.5) is 11.6 Å². The van der Waals surface area contributed by atoms with Gasteiger partial charge in [-0.3, -0.25) is 14.2 Å². The molecular weight excluding hydrogens is 782 g/mol. The lowest BCUT2D eigenvalue weighted by atomic mass is 10.1. The number of aromatic amines is 1. The minimum atomic E-state index is -1.72. The Balaban J connectivity index is 0.000000219. The van der Waals surface area contributed by atoms with Crippen LogP contribution in [-0.2, 0) is 16.0 Å². The van der Waals surface area contributed by atoms with Crippen molar-refractivity contribution in [2.24, 2.45) is 0 Å². The number of fused-ring (bicyclic) bond motifs is 2. The van der Waals surface area contributed by atoms with Crippen molar-refractivity contribution in [3.8, 4) is 0 Å². The number of hydrogen-bond acceptors (Lipinski definition) is 10. The van der Waals surface area contributed by atoms with E-state index in [-0.39, 0.29) is 17.2 Å². The number of aromatic nitrogens is 4. The van der Waals surface area contributed by atoms with E-state index in [0.717, 1.165) is 44.3 Å². The van der Waals surface area contributed by atoms with Gasteiger partial charge >= 0.3 is 23.3 Å². The Morgan fingerprint density at radius 2 is 1.35 bits per heavy atom. The first kappa shape index (κ1) is 42.0. The average Bonchev–Trinajstić information content (AvgIpc) is 3.82. The molecule has 292 valence electrons. The number of H-pyrrole nitrogens is 1. The molecule has 2 aliphatic heterocycles. The fourth-order valence-electron chi connectivity index (χ4n) is 6.60. The Kier molecular flexibility index (Phi) is 15.8. The molecule has 16 heteroatoms. The Morgan fingerprint density at radius 3 is 1.87 bits per heavy atom. The van der Waals surface area contributed by atoms with Crippen LogP contribution in [-0.4, -0.2) is 82.2 Å². The molecule has 0 saturated carbocycles. The second-order valence-corrected chi connectivity index (χ2v) is 19.2. The molecule has 0 amide bonds. The van der Waals surface area contributed by atoms with Crippen LogP contribution in [0, 0.1) is 0 Å². The van der Waals surface area contributed by atoms with E-state index >= 15 is 0 Å². The molecule has 0 aliphatic carbocycles. The predicted octanol–water partition coefficient (Wildman–Crippen LogP) is 7.63. The van der Waals surface area contributed by atoms with Crippen molar-refractivity contribution in [1.82, 2.24) is 19.5 Å². The Labute approximate surface area is 338 Å². The van der Waals surface area contributed by atoms with Gasteiger partial charge in [-0.25, -0.2) is 49.7 Å². The number of benzene rings is 3. The highest BCUT2D eigenvalue weighted by molar-refractivity contribution is 7.54. The highest BCUT2D eigenvalue weighted by Crippen LogP contribution is 2.25. The van der Waals surface area contributed by atoms with E-state index in [1.54, 1.807) is 47.9 Å². The number of carbonyl (C=O) groups excluding carboxylic acids is 2. The largest absolute Gasteiger partial charge is 0.643 e. The highest BCUT2D eigenvalue weighted by Gasteiger charge is 2.27. The van der Waals surface area contributed by atoms with Crippen molar-refractivity contribution in [1.29, 1.82) is 0 Å². The van der Waals surface area contributed by atoms with Gasteiger partial charge in [-0.05, 0) is 81.5 Å². The van der Waals surface area contributed by atoms with Crippen molar-refractivity contribution in [2.45, 2.75) is 72.0 Å². The number of hydrogen-bond donors (Lipinski definition) is 1. The third kappa shape index (κ3) is 11.0. The lowest BCUT2D eigenvalue weighted by molar-refractivity contribution is 0.0592. The van der Waals surface area contributed by atoms with E-state index in [4.69, 9.17) is 41.0 Å². The number of nitrogens with one attached hydrogen (secondary N) is 1. The van der Waals surface area contributed by atoms with E-state index < -0.39 is 23.3 Å². The Bertz CT molecular complexity index is 2230. The molecule has 7 rings (SSSR count). The van der Waals surface area contributed by atoms with Gasteiger partial charge in [0.25, 0.3) is 11.1 Å². The molecule has 2 aliphatic rings. The van der Waals surface area contributed by atoms with E-state index in [2.05, 4.69) is 33.7 Å². The van der Waals surface area contributed by atoms with E-state index in [1.165, 1.54) is 14.2 Å². The number of ether oxygens (including phenoxy) is 2. The molecule has 0 unspecified atom stereocenters. The lowest BCUT2D eigenvalue weighted by Gasteiger charge is -2.23. The van der Waals surface area contributed by atoms with Crippen molar-refractivity contribution < 1.29 is 20.4 Å². The minimum Gasteiger partial charge on any atom is -0.465 e. The molecule has 55 heavy (non-hydrogen) atoms. The fraction of sp³-hybridized carbons (Fsp3) is 0.385. The molecular formula is C39H46AlCl3N6O6.